The Bertz CT molecular complexity index is 411. The maximum atomic E-state index is 11.7. The number of ether oxygens (including phenoxy) is 1. The van der Waals surface area contributed by atoms with Crippen LogP contribution in [0.3, 0.4) is 0 Å². The van der Waals surface area contributed by atoms with Gasteiger partial charge in [-0.05, 0) is 26.1 Å². The molecule has 5 nitrogen and oxygen atoms in total. The van der Waals surface area contributed by atoms with Crippen LogP contribution in [0.2, 0.25) is 0 Å². The molecule has 1 saturated heterocycles. The maximum Gasteiger partial charge on any atom is 0.272 e. The van der Waals surface area contributed by atoms with Crippen LogP contribution in [0.4, 0.5) is 0 Å². The minimum Gasteiger partial charge on any atom is -0.484 e. The third kappa shape index (κ3) is 4.54. The number of nitrogens with one attached hydrogen (secondary N) is 1. The van der Waals surface area contributed by atoms with E-state index in [0.717, 1.165) is 31.9 Å². The first-order valence-corrected chi connectivity index (χ1v) is 6.56. The molecular formula is C14H21N3O2. The molecule has 0 atom stereocenters. The fourth-order valence-corrected chi connectivity index (χ4v) is 1.91. The molecule has 0 radical (unpaired) electrons. The zero-order valence-electron chi connectivity index (χ0n) is 11.6. The largest absolute Gasteiger partial charge is 0.484 e. The van der Waals surface area contributed by atoms with Gasteiger partial charge in [-0.25, -0.2) is 5.01 Å². The highest BCUT2D eigenvalue weighted by molar-refractivity contribution is 5.77. The standard InChI is InChI=1S/C14H21N3O2/c1-12-3-5-13(6-4-12)19-11-14(18)15-17-9-7-16(2)8-10-17/h3-6H,7-11H2,1-2H3,(H,15,18). The van der Waals surface area contributed by atoms with Gasteiger partial charge in [0.2, 0.25) is 0 Å². The number of likely N-dealkylation sites (N-methyl/N-ethyl adjacent to an activating group) is 1. The molecule has 1 aromatic carbocycles. The van der Waals surface area contributed by atoms with E-state index in [4.69, 9.17) is 4.74 Å². The molecule has 1 aromatic rings. The van der Waals surface area contributed by atoms with E-state index in [1.165, 1.54) is 5.56 Å². The lowest BCUT2D eigenvalue weighted by Crippen LogP contribution is -2.53. The number of hydrogen-bond acceptors (Lipinski definition) is 4. The van der Waals surface area contributed by atoms with Crippen molar-refractivity contribution < 1.29 is 9.53 Å². The summed E-state index contributed by atoms with van der Waals surface area (Å²) in [6.07, 6.45) is 0. The highest BCUT2D eigenvalue weighted by Gasteiger charge is 2.15. The van der Waals surface area contributed by atoms with Gasteiger partial charge < -0.3 is 9.64 Å². The van der Waals surface area contributed by atoms with Crippen LogP contribution in [-0.2, 0) is 4.79 Å². The summed E-state index contributed by atoms with van der Waals surface area (Å²) in [5.41, 5.74) is 4.04. The minimum absolute atomic E-state index is 0.0510. The van der Waals surface area contributed by atoms with E-state index in [-0.39, 0.29) is 12.5 Å². The first-order chi connectivity index (χ1) is 9.13. The van der Waals surface area contributed by atoms with Crippen molar-refractivity contribution in [2.75, 3.05) is 39.8 Å². The monoisotopic (exact) mass is 263 g/mol. The molecule has 0 unspecified atom stereocenters. The Hall–Kier alpha value is -1.59. The number of amides is 1. The second kappa shape index (κ2) is 6.54. The molecule has 1 amide bonds. The fourth-order valence-electron chi connectivity index (χ4n) is 1.91. The molecule has 5 heteroatoms. The summed E-state index contributed by atoms with van der Waals surface area (Å²) in [5.74, 6) is 0.615. The van der Waals surface area contributed by atoms with Gasteiger partial charge in [-0.15, -0.1) is 0 Å². The van der Waals surface area contributed by atoms with Gasteiger partial charge in [0.1, 0.15) is 5.75 Å². The van der Waals surface area contributed by atoms with E-state index < -0.39 is 0 Å². The van der Waals surface area contributed by atoms with Crippen LogP contribution in [0.15, 0.2) is 24.3 Å². The highest BCUT2D eigenvalue weighted by atomic mass is 16.5. The quantitative estimate of drug-likeness (QED) is 0.866. The van der Waals surface area contributed by atoms with E-state index in [2.05, 4.69) is 17.4 Å². The van der Waals surface area contributed by atoms with Crippen molar-refractivity contribution in [3.05, 3.63) is 29.8 Å². The molecule has 1 aliphatic heterocycles. The van der Waals surface area contributed by atoms with Gasteiger partial charge >= 0.3 is 0 Å². The Morgan fingerprint density at radius 1 is 1.21 bits per heavy atom. The van der Waals surface area contributed by atoms with Crippen LogP contribution < -0.4 is 10.2 Å². The van der Waals surface area contributed by atoms with Gasteiger partial charge in [-0.1, -0.05) is 17.7 Å². The van der Waals surface area contributed by atoms with Gasteiger partial charge in [-0.3, -0.25) is 10.2 Å². The number of benzene rings is 1. The number of aryl methyl sites for hydroxylation is 1. The van der Waals surface area contributed by atoms with E-state index >= 15 is 0 Å². The van der Waals surface area contributed by atoms with Gasteiger partial charge in [0.05, 0.1) is 0 Å². The van der Waals surface area contributed by atoms with E-state index in [1.807, 2.05) is 36.2 Å². The van der Waals surface area contributed by atoms with Crippen LogP contribution in [-0.4, -0.2) is 55.6 Å². The minimum atomic E-state index is -0.106. The number of carbonyl (C=O) groups excluding carboxylic acids is 1. The van der Waals surface area contributed by atoms with Crippen molar-refractivity contribution in [3.63, 3.8) is 0 Å². The summed E-state index contributed by atoms with van der Waals surface area (Å²) in [7, 11) is 2.08. The molecule has 1 N–H and O–H groups in total. The summed E-state index contributed by atoms with van der Waals surface area (Å²) in [6, 6.07) is 7.68. The molecule has 0 saturated carbocycles. The number of piperazine rings is 1. The zero-order valence-corrected chi connectivity index (χ0v) is 11.6. The molecule has 0 bridgehead atoms. The van der Waals surface area contributed by atoms with E-state index in [0.29, 0.717) is 0 Å². The van der Waals surface area contributed by atoms with Gasteiger partial charge in [0.15, 0.2) is 6.61 Å². The molecule has 0 aliphatic carbocycles. The van der Waals surface area contributed by atoms with Crippen molar-refractivity contribution in [2.24, 2.45) is 0 Å². The Balaban J connectivity index is 1.71. The summed E-state index contributed by atoms with van der Waals surface area (Å²) in [6.45, 7) is 5.72. The molecule has 1 fully saturated rings. The van der Waals surface area contributed by atoms with Crippen molar-refractivity contribution >= 4 is 5.91 Å². The molecule has 104 valence electrons. The van der Waals surface area contributed by atoms with Crippen LogP contribution in [0.25, 0.3) is 0 Å². The lowest BCUT2D eigenvalue weighted by Gasteiger charge is -2.32. The first-order valence-electron chi connectivity index (χ1n) is 6.56. The van der Waals surface area contributed by atoms with Crippen LogP contribution in [0.5, 0.6) is 5.75 Å². The van der Waals surface area contributed by atoms with Gasteiger partial charge in [0.25, 0.3) is 5.91 Å². The summed E-state index contributed by atoms with van der Waals surface area (Å²) < 4.78 is 5.44. The smallest absolute Gasteiger partial charge is 0.272 e. The number of carbonyl (C=O) groups is 1. The van der Waals surface area contributed by atoms with Crippen LogP contribution in [0.1, 0.15) is 5.56 Å². The first kappa shape index (κ1) is 13.8. The van der Waals surface area contributed by atoms with Crippen molar-refractivity contribution in [1.29, 1.82) is 0 Å². The number of hydrazine groups is 1. The van der Waals surface area contributed by atoms with E-state index in [9.17, 15) is 4.79 Å². The number of rotatable bonds is 4. The Labute approximate surface area is 114 Å². The predicted octanol–water partition coefficient (Wildman–Crippen LogP) is 0.652. The topological polar surface area (TPSA) is 44.8 Å². The second-order valence-electron chi connectivity index (χ2n) is 4.93. The molecule has 19 heavy (non-hydrogen) atoms. The summed E-state index contributed by atoms with van der Waals surface area (Å²) in [5, 5.41) is 1.95. The summed E-state index contributed by atoms with van der Waals surface area (Å²) >= 11 is 0. The highest BCUT2D eigenvalue weighted by Crippen LogP contribution is 2.10. The van der Waals surface area contributed by atoms with Crippen molar-refractivity contribution in [1.82, 2.24) is 15.3 Å². The van der Waals surface area contributed by atoms with E-state index in [1.54, 1.807) is 0 Å². The van der Waals surface area contributed by atoms with Crippen LogP contribution in [0, 0.1) is 6.92 Å². The summed E-state index contributed by atoms with van der Waals surface area (Å²) in [4.78, 5) is 14.0. The fraction of sp³-hybridized carbons (Fsp3) is 0.500. The number of nitrogens with zero attached hydrogens (tertiary/aromatic N) is 2. The third-order valence-electron chi connectivity index (χ3n) is 3.18. The molecular weight excluding hydrogens is 242 g/mol. The predicted molar refractivity (Wildman–Crippen MR) is 73.9 cm³/mol. The Morgan fingerprint density at radius 2 is 1.84 bits per heavy atom. The molecule has 1 aliphatic rings. The Kier molecular flexibility index (Phi) is 4.76. The van der Waals surface area contributed by atoms with Crippen molar-refractivity contribution in [3.8, 4) is 5.75 Å². The molecule has 2 rings (SSSR count). The molecule has 0 spiro atoms. The molecule has 1 heterocycles. The van der Waals surface area contributed by atoms with Gasteiger partial charge in [0, 0.05) is 26.2 Å². The maximum absolute atomic E-state index is 11.7. The normalized spacial score (nSPS) is 17.2. The lowest BCUT2D eigenvalue weighted by atomic mass is 10.2. The zero-order chi connectivity index (χ0) is 13.7. The average Bonchev–Trinajstić information content (AvgIpc) is 2.41. The molecule has 0 aromatic heterocycles. The average molecular weight is 263 g/mol. The lowest BCUT2D eigenvalue weighted by molar-refractivity contribution is -0.128. The SMILES string of the molecule is Cc1ccc(OCC(=O)NN2CCN(C)CC2)cc1. The Morgan fingerprint density at radius 3 is 2.47 bits per heavy atom. The van der Waals surface area contributed by atoms with Gasteiger partial charge in [-0.2, -0.15) is 0 Å². The second-order valence-corrected chi connectivity index (χ2v) is 4.93. The van der Waals surface area contributed by atoms with Crippen molar-refractivity contribution in [2.45, 2.75) is 6.92 Å². The third-order valence-corrected chi connectivity index (χ3v) is 3.18. The van der Waals surface area contributed by atoms with Crippen LogP contribution >= 0.6 is 0 Å². The number of hydrogen-bond donors (Lipinski definition) is 1.